The SMILES string of the molecule is O=C(NCCC1CCCNC1)[C@H]1COCC(=O)N1Cc1ccccc1. The Morgan fingerprint density at radius 1 is 1.32 bits per heavy atom. The number of carbonyl (C=O) groups is 2. The molecular weight excluding hydrogens is 318 g/mol. The highest BCUT2D eigenvalue weighted by atomic mass is 16.5. The van der Waals surface area contributed by atoms with Crippen molar-refractivity contribution in [3.63, 3.8) is 0 Å². The number of nitrogens with zero attached hydrogens (tertiary/aromatic N) is 1. The molecule has 25 heavy (non-hydrogen) atoms. The minimum Gasteiger partial charge on any atom is -0.369 e. The fraction of sp³-hybridized carbons (Fsp3) is 0.579. The van der Waals surface area contributed by atoms with Crippen molar-refractivity contribution in [2.45, 2.75) is 31.8 Å². The topological polar surface area (TPSA) is 70.7 Å². The number of rotatable bonds is 6. The summed E-state index contributed by atoms with van der Waals surface area (Å²) in [7, 11) is 0. The molecular formula is C19H27N3O3. The smallest absolute Gasteiger partial charge is 0.249 e. The highest BCUT2D eigenvalue weighted by Gasteiger charge is 2.33. The van der Waals surface area contributed by atoms with Gasteiger partial charge < -0.3 is 20.3 Å². The summed E-state index contributed by atoms with van der Waals surface area (Å²) in [5.74, 6) is 0.373. The molecule has 2 aliphatic heterocycles. The van der Waals surface area contributed by atoms with Gasteiger partial charge in [0.15, 0.2) is 0 Å². The van der Waals surface area contributed by atoms with Gasteiger partial charge in [-0.15, -0.1) is 0 Å². The first kappa shape index (κ1) is 17.9. The number of morpholine rings is 1. The van der Waals surface area contributed by atoms with Crippen molar-refractivity contribution in [1.82, 2.24) is 15.5 Å². The Bertz CT molecular complexity index is 573. The number of amides is 2. The third kappa shape index (κ3) is 5.03. The molecule has 1 aromatic carbocycles. The zero-order chi connectivity index (χ0) is 17.5. The van der Waals surface area contributed by atoms with Gasteiger partial charge in [0.25, 0.3) is 0 Å². The van der Waals surface area contributed by atoms with E-state index in [2.05, 4.69) is 10.6 Å². The molecule has 3 rings (SSSR count). The van der Waals surface area contributed by atoms with E-state index < -0.39 is 6.04 Å². The normalized spacial score (nSPS) is 24.2. The van der Waals surface area contributed by atoms with Crippen molar-refractivity contribution in [3.8, 4) is 0 Å². The minimum atomic E-state index is -0.550. The molecule has 0 radical (unpaired) electrons. The van der Waals surface area contributed by atoms with E-state index in [0.29, 0.717) is 19.0 Å². The standard InChI is InChI=1S/C19H27N3O3/c23-18-14-25-13-17(22(18)12-16-5-2-1-3-6-16)19(24)21-10-8-15-7-4-9-20-11-15/h1-3,5-6,15,17,20H,4,7-14H2,(H,21,24)/t15?,17-/m1/s1. The lowest BCUT2D eigenvalue weighted by atomic mass is 9.96. The number of hydrogen-bond donors (Lipinski definition) is 2. The molecule has 2 saturated heterocycles. The Balaban J connectivity index is 1.53. The molecule has 2 heterocycles. The fourth-order valence-corrected chi connectivity index (χ4v) is 3.49. The van der Waals surface area contributed by atoms with Gasteiger partial charge >= 0.3 is 0 Å². The summed E-state index contributed by atoms with van der Waals surface area (Å²) < 4.78 is 5.32. The van der Waals surface area contributed by atoms with Crippen molar-refractivity contribution in [3.05, 3.63) is 35.9 Å². The molecule has 0 bridgehead atoms. The third-order valence-electron chi connectivity index (χ3n) is 4.95. The van der Waals surface area contributed by atoms with Gasteiger partial charge in [0, 0.05) is 13.1 Å². The Morgan fingerprint density at radius 3 is 2.92 bits per heavy atom. The van der Waals surface area contributed by atoms with Crippen molar-refractivity contribution in [2.24, 2.45) is 5.92 Å². The molecule has 6 nitrogen and oxygen atoms in total. The Labute approximate surface area is 148 Å². The van der Waals surface area contributed by atoms with Gasteiger partial charge in [0.1, 0.15) is 12.6 Å². The third-order valence-corrected chi connectivity index (χ3v) is 4.95. The van der Waals surface area contributed by atoms with Crippen molar-refractivity contribution in [2.75, 3.05) is 32.8 Å². The molecule has 6 heteroatoms. The highest BCUT2D eigenvalue weighted by molar-refractivity contribution is 5.89. The molecule has 2 N–H and O–H groups in total. The van der Waals surface area contributed by atoms with Crippen LogP contribution in [0.25, 0.3) is 0 Å². The van der Waals surface area contributed by atoms with Crippen LogP contribution in [0.15, 0.2) is 30.3 Å². The van der Waals surface area contributed by atoms with Crippen LogP contribution in [0.5, 0.6) is 0 Å². The lowest BCUT2D eigenvalue weighted by Crippen LogP contribution is -2.56. The van der Waals surface area contributed by atoms with Crippen LogP contribution in [-0.4, -0.2) is 55.6 Å². The van der Waals surface area contributed by atoms with Crippen molar-refractivity contribution >= 4 is 11.8 Å². The van der Waals surface area contributed by atoms with E-state index in [9.17, 15) is 9.59 Å². The number of hydrogen-bond acceptors (Lipinski definition) is 4. The molecule has 1 aromatic rings. The number of piperidine rings is 1. The molecule has 0 saturated carbocycles. The minimum absolute atomic E-state index is 0.0460. The molecule has 0 aromatic heterocycles. The van der Waals surface area contributed by atoms with E-state index in [1.54, 1.807) is 4.90 Å². The van der Waals surface area contributed by atoms with Gasteiger partial charge in [-0.3, -0.25) is 9.59 Å². The largest absolute Gasteiger partial charge is 0.369 e. The van der Waals surface area contributed by atoms with E-state index in [1.165, 1.54) is 12.8 Å². The first-order valence-corrected chi connectivity index (χ1v) is 9.13. The van der Waals surface area contributed by atoms with Crippen molar-refractivity contribution in [1.29, 1.82) is 0 Å². The maximum atomic E-state index is 12.6. The van der Waals surface area contributed by atoms with E-state index >= 15 is 0 Å². The maximum Gasteiger partial charge on any atom is 0.249 e. The molecule has 0 aliphatic carbocycles. The van der Waals surface area contributed by atoms with Crippen LogP contribution >= 0.6 is 0 Å². The number of nitrogens with one attached hydrogen (secondary N) is 2. The monoisotopic (exact) mass is 345 g/mol. The predicted molar refractivity (Wildman–Crippen MR) is 94.8 cm³/mol. The van der Waals surface area contributed by atoms with Gasteiger partial charge in [-0.1, -0.05) is 30.3 Å². The van der Waals surface area contributed by atoms with Gasteiger partial charge in [-0.05, 0) is 43.8 Å². The van der Waals surface area contributed by atoms with Gasteiger partial charge in [0.05, 0.1) is 6.61 Å². The lowest BCUT2D eigenvalue weighted by molar-refractivity contribution is -0.155. The van der Waals surface area contributed by atoms with E-state index in [0.717, 1.165) is 25.1 Å². The van der Waals surface area contributed by atoms with E-state index in [-0.39, 0.29) is 25.0 Å². The number of benzene rings is 1. The summed E-state index contributed by atoms with van der Waals surface area (Å²) in [6.07, 6.45) is 3.39. The zero-order valence-corrected chi connectivity index (χ0v) is 14.6. The maximum absolute atomic E-state index is 12.6. The molecule has 2 aliphatic rings. The van der Waals surface area contributed by atoms with Crippen LogP contribution in [0.2, 0.25) is 0 Å². The Hall–Kier alpha value is -1.92. The molecule has 136 valence electrons. The summed E-state index contributed by atoms with van der Waals surface area (Å²) in [5, 5.41) is 6.39. The highest BCUT2D eigenvalue weighted by Crippen LogP contribution is 2.15. The summed E-state index contributed by atoms with van der Waals surface area (Å²) in [6.45, 7) is 3.52. The van der Waals surface area contributed by atoms with Crippen LogP contribution in [0.3, 0.4) is 0 Å². The Kier molecular flexibility index (Phi) is 6.42. The van der Waals surface area contributed by atoms with E-state index in [1.807, 2.05) is 30.3 Å². The van der Waals surface area contributed by atoms with Crippen LogP contribution in [0.4, 0.5) is 0 Å². The van der Waals surface area contributed by atoms with E-state index in [4.69, 9.17) is 4.74 Å². The zero-order valence-electron chi connectivity index (χ0n) is 14.6. The molecule has 2 fully saturated rings. The average Bonchev–Trinajstić information content (AvgIpc) is 2.65. The first-order chi connectivity index (χ1) is 12.2. The van der Waals surface area contributed by atoms with Gasteiger partial charge in [-0.25, -0.2) is 0 Å². The Morgan fingerprint density at radius 2 is 2.16 bits per heavy atom. The van der Waals surface area contributed by atoms with Gasteiger partial charge in [-0.2, -0.15) is 0 Å². The second kappa shape index (κ2) is 8.97. The fourth-order valence-electron chi connectivity index (χ4n) is 3.49. The average molecular weight is 345 g/mol. The van der Waals surface area contributed by atoms with Crippen molar-refractivity contribution < 1.29 is 14.3 Å². The second-order valence-electron chi connectivity index (χ2n) is 6.83. The van der Waals surface area contributed by atoms with Crippen LogP contribution in [0, 0.1) is 5.92 Å². The van der Waals surface area contributed by atoms with Crippen LogP contribution in [-0.2, 0) is 20.9 Å². The summed E-state index contributed by atoms with van der Waals surface area (Å²) >= 11 is 0. The predicted octanol–water partition coefficient (Wildman–Crippen LogP) is 0.920. The molecule has 1 unspecified atom stereocenters. The number of ether oxygens (including phenoxy) is 1. The molecule has 2 amide bonds. The van der Waals surface area contributed by atoms with Crippen LogP contribution < -0.4 is 10.6 Å². The lowest BCUT2D eigenvalue weighted by Gasteiger charge is -2.34. The summed E-state index contributed by atoms with van der Waals surface area (Å²) in [4.78, 5) is 26.5. The quantitative estimate of drug-likeness (QED) is 0.804. The summed E-state index contributed by atoms with van der Waals surface area (Å²) in [6, 6.07) is 9.20. The van der Waals surface area contributed by atoms with Crippen LogP contribution in [0.1, 0.15) is 24.8 Å². The van der Waals surface area contributed by atoms with Gasteiger partial charge in [0.2, 0.25) is 11.8 Å². The molecule has 2 atom stereocenters. The summed E-state index contributed by atoms with van der Waals surface area (Å²) in [5.41, 5.74) is 1.02. The number of carbonyl (C=O) groups excluding carboxylic acids is 2. The molecule has 0 spiro atoms. The first-order valence-electron chi connectivity index (χ1n) is 9.13. The second-order valence-corrected chi connectivity index (χ2v) is 6.83.